The summed E-state index contributed by atoms with van der Waals surface area (Å²) in [6, 6.07) is 3.34. The SMILES string of the molecule is CCc1cnccc1-c1nc(-c2cnn(C)c2)cc(=O)[nH]1. The Labute approximate surface area is 121 Å². The van der Waals surface area contributed by atoms with Crippen molar-refractivity contribution in [2.75, 3.05) is 0 Å². The first-order chi connectivity index (χ1) is 10.2. The van der Waals surface area contributed by atoms with Crippen molar-refractivity contribution in [1.29, 1.82) is 0 Å². The molecule has 0 unspecified atom stereocenters. The highest BCUT2D eigenvalue weighted by atomic mass is 16.1. The summed E-state index contributed by atoms with van der Waals surface area (Å²) in [6.45, 7) is 2.05. The summed E-state index contributed by atoms with van der Waals surface area (Å²) in [6.07, 6.45) is 7.85. The van der Waals surface area contributed by atoms with Gasteiger partial charge in [0.2, 0.25) is 0 Å². The Hall–Kier alpha value is -2.76. The lowest BCUT2D eigenvalue weighted by atomic mass is 10.1. The van der Waals surface area contributed by atoms with E-state index in [2.05, 4.69) is 20.1 Å². The number of rotatable bonds is 3. The molecule has 0 atom stereocenters. The number of nitrogens with zero attached hydrogens (tertiary/aromatic N) is 4. The van der Waals surface area contributed by atoms with Gasteiger partial charge in [0, 0.05) is 42.8 Å². The first kappa shape index (κ1) is 13.2. The lowest BCUT2D eigenvalue weighted by Gasteiger charge is -2.07. The first-order valence-corrected chi connectivity index (χ1v) is 6.71. The summed E-state index contributed by atoms with van der Waals surface area (Å²) in [5.74, 6) is 0.556. The van der Waals surface area contributed by atoms with Crippen LogP contribution in [0.1, 0.15) is 12.5 Å². The standard InChI is InChI=1S/C15H15N5O/c1-3-10-7-16-5-4-12(10)15-18-13(6-14(21)19-15)11-8-17-20(2)9-11/h4-9H,3H2,1-2H3,(H,18,19,21). The fourth-order valence-electron chi connectivity index (χ4n) is 2.23. The van der Waals surface area contributed by atoms with Gasteiger partial charge in [-0.25, -0.2) is 4.98 Å². The van der Waals surface area contributed by atoms with Crippen LogP contribution >= 0.6 is 0 Å². The van der Waals surface area contributed by atoms with Crippen LogP contribution in [0, 0.1) is 0 Å². The van der Waals surface area contributed by atoms with Crippen LogP contribution in [0.15, 0.2) is 41.7 Å². The van der Waals surface area contributed by atoms with Crippen molar-refractivity contribution in [3.63, 3.8) is 0 Å². The molecule has 1 N–H and O–H groups in total. The molecular formula is C15H15N5O. The van der Waals surface area contributed by atoms with Gasteiger partial charge in [-0.2, -0.15) is 5.10 Å². The van der Waals surface area contributed by atoms with E-state index < -0.39 is 0 Å². The minimum Gasteiger partial charge on any atom is -0.306 e. The molecule has 106 valence electrons. The van der Waals surface area contributed by atoms with Crippen molar-refractivity contribution in [3.05, 3.63) is 52.8 Å². The van der Waals surface area contributed by atoms with Crippen molar-refractivity contribution in [3.8, 4) is 22.6 Å². The number of aryl methyl sites for hydroxylation is 2. The van der Waals surface area contributed by atoms with E-state index in [0.717, 1.165) is 23.1 Å². The molecule has 3 heterocycles. The van der Waals surface area contributed by atoms with Gasteiger partial charge in [-0.05, 0) is 18.1 Å². The van der Waals surface area contributed by atoms with Crippen LogP contribution in [0.3, 0.4) is 0 Å². The Morgan fingerprint density at radius 3 is 2.90 bits per heavy atom. The number of hydrogen-bond acceptors (Lipinski definition) is 4. The maximum absolute atomic E-state index is 11.9. The third-order valence-corrected chi connectivity index (χ3v) is 3.28. The quantitative estimate of drug-likeness (QED) is 0.794. The van der Waals surface area contributed by atoms with Gasteiger partial charge >= 0.3 is 0 Å². The second-order valence-corrected chi connectivity index (χ2v) is 4.77. The summed E-state index contributed by atoms with van der Waals surface area (Å²) >= 11 is 0. The fourth-order valence-corrected chi connectivity index (χ4v) is 2.23. The molecule has 3 aromatic heterocycles. The van der Waals surface area contributed by atoms with Crippen molar-refractivity contribution in [2.24, 2.45) is 7.05 Å². The number of H-pyrrole nitrogens is 1. The highest BCUT2D eigenvalue weighted by molar-refractivity contribution is 5.64. The van der Waals surface area contributed by atoms with Gasteiger partial charge in [0.1, 0.15) is 5.82 Å². The Morgan fingerprint density at radius 1 is 1.33 bits per heavy atom. The third-order valence-electron chi connectivity index (χ3n) is 3.28. The van der Waals surface area contributed by atoms with Crippen LogP contribution in [0.4, 0.5) is 0 Å². The van der Waals surface area contributed by atoms with Crippen molar-refractivity contribution < 1.29 is 0 Å². The molecule has 6 nitrogen and oxygen atoms in total. The Balaban J connectivity index is 2.16. The predicted octanol–water partition coefficient (Wildman–Crippen LogP) is 1.79. The van der Waals surface area contributed by atoms with E-state index in [1.54, 1.807) is 23.3 Å². The average molecular weight is 281 g/mol. The van der Waals surface area contributed by atoms with Crippen LogP contribution in [0.25, 0.3) is 22.6 Å². The van der Waals surface area contributed by atoms with Crippen LogP contribution < -0.4 is 5.56 Å². The molecule has 21 heavy (non-hydrogen) atoms. The highest BCUT2D eigenvalue weighted by Crippen LogP contribution is 2.21. The number of hydrogen-bond donors (Lipinski definition) is 1. The molecule has 3 rings (SSSR count). The van der Waals surface area contributed by atoms with Crippen molar-refractivity contribution in [1.82, 2.24) is 24.7 Å². The Bertz CT molecular complexity index is 834. The molecule has 3 aromatic rings. The second kappa shape index (κ2) is 5.32. The van der Waals surface area contributed by atoms with Gasteiger partial charge in [-0.1, -0.05) is 6.92 Å². The molecule has 0 amide bonds. The minimum atomic E-state index is -0.183. The van der Waals surface area contributed by atoms with Crippen LogP contribution in [0.2, 0.25) is 0 Å². The average Bonchev–Trinajstić information content (AvgIpc) is 2.93. The van der Waals surface area contributed by atoms with Crippen LogP contribution in [0.5, 0.6) is 0 Å². The van der Waals surface area contributed by atoms with Gasteiger partial charge in [-0.3, -0.25) is 14.5 Å². The number of aromatic amines is 1. The zero-order valence-electron chi connectivity index (χ0n) is 11.9. The molecule has 6 heteroatoms. The lowest BCUT2D eigenvalue weighted by Crippen LogP contribution is -2.09. The third kappa shape index (κ3) is 2.60. The van der Waals surface area contributed by atoms with Gasteiger partial charge in [0.15, 0.2) is 0 Å². The van der Waals surface area contributed by atoms with E-state index in [9.17, 15) is 4.79 Å². The van der Waals surface area contributed by atoms with Crippen LogP contribution in [-0.4, -0.2) is 24.7 Å². The van der Waals surface area contributed by atoms with E-state index in [1.165, 1.54) is 6.07 Å². The minimum absolute atomic E-state index is 0.183. The van der Waals surface area contributed by atoms with Gasteiger partial charge in [0.05, 0.1) is 11.9 Å². The largest absolute Gasteiger partial charge is 0.306 e. The molecule has 0 bridgehead atoms. The van der Waals surface area contributed by atoms with Crippen molar-refractivity contribution in [2.45, 2.75) is 13.3 Å². The highest BCUT2D eigenvalue weighted by Gasteiger charge is 2.10. The molecule has 0 aliphatic rings. The summed E-state index contributed by atoms with van der Waals surface area (Å²) in [5.41, 5.74) is 3.19. The number of pyridine rings is 1. The van der Waals surface area contributed by atoms with Gasteiger partial charge in [-0.15, -0.1) is 0 Å². The van der Waals surface area contributed by atoms with E-state index >= 15 is 0 Å². The fraction of sp³-hybridized carbons (Fsp3) is 0.200. The first-order valence-electron chi connectivity index (χ1n) is 6.71. The molecule has 0 radical (unpaired) electrons. The summed E-state index contributed by atoms with van der Waals surface area (Å²) in [5, 5.41) is 4.11. The Kier molecular flexibility index (Phi) is 3.35. The Morgan fingerprint density at radius 2 is 2.19 bits per heavy atom. The maximum Gasteiger partial charge on any atom is 0.251 e. The molecule has 0 aliphatic carbocycles. The van der Waals surface area contributed by atoms with E-state index in [0.29, 0.717) is 11.5 Å². The zero-order valence-corrected chi connectivity index (χ0v) is 11.9. The molecule has 0 saturated heterocycles. The molecule has 0 fully saturated rings. The lowest BCUT2D eigenvalue weighted by molar-refractivity contribution is 0.768. The number of aromatic nitrogens is 5. The van der Waals surface area contributed by atoms with E-state index in [-0.39, 0.29) is 5.56 Å². The van der Waals surface area contributed by atoms with Gasteiger partial charge in [0.25, 0.3) is 5.56 Å². The molecule has 0 spiro atoms. The maximum atomic E-state index is 11.9. The topological polar surface area (TPSA) is 76.5 Å². The number of nitrogens with one attached hydrogen (secondary N) is 1. The van der Waals surface area contributed by atoms with E-state index in [1.807, 2.05) is 26.2 Å². The van der Waals surface area contributed by atoms with Gasteiger partial charge < -0.3 is 4.98 Å². The summed E-state index contributed by atoms with van der Waals surface area (Å²) in [4.78, 5) is 23.4. The summed E-state index contributed by atoms with van der Waals surface area (Å²) < 4.78 is 1.68. The normalized spacial score (nSPS) is 10.8. The van der Waals surface area contributed by atoms with Crippen molar-refractivity contribution >= 4 is 0 Å². The molecule has 0 aromatic carbocycles. The monoisotopic (exact) mass is 281 g/mol. The van der Waals surface area contributed by atoms with E-state index in [4.69, 9.17) is 0 Å². The zero-order chi connectivity index (χ0) is 14.8. The molecule has 0 saturated carbocycles. The molecular weight excluding hydrogens is 266 g/mol. The second-order valence-electron chi connectivity index (χ2n) is 4.77. The van der Waals surface area contributed by atoms with Crippen LogP contribution in [-0.2, 0) is 13.5 Å². The predicted molar refractivity (Wildman–Crippen MR) is 79.7 cm³/mol. The smallest absolute Gasteiger partial charge is 0.251 e. The summed E-state index contributed by atoms with van der Waals surface area (Å²) in [7, 11) is 1.83. The molecule has 0 aliphatic heterocycles.